The standard InChI is InChI=1S/C17H16N2O/c1-11-3-7-15(12(2)9-11)16-8-4-13(10-18)17(20)19(16)14-5-6-14/h3-4,7-9,14H,5-6H2,1-2H3. The zero-order valence-corrected chi connectivity index (χ0v) is 11.7. The maximum atomic E-state index is 12.4. The molecule has 3 nitrogen and oxygen atoms in total. The zero-order valence-electron chi connectivity index (χ0n) is 11.7. The normalized spacial score (nSPS) is 14.1. The maximum Gasteiger partial charge on any atom is 0.269 e. The molecule has 100 valence electrons. The van der Waals surface area contributed by atoms with Crippen LogP contribution in [-0.4, -0.2) is 4.57 Å². The van der Waals surface area contributed by atoms with Crippen LogP contribution < -0.4 is 5.56 Å². The van der Waals surface area contributed by atoms with Crippen LogP contribution in [0.1, 0.15) is 35.6 Å². The molecule has 1 saturated carbocycles. The van der Waals surface area contributed by atoms with E-state index in [2.05, 4.69) is 32.0 Å². The highest BCUT2D eigenvalue weighted by molar-refractivity contribution is 5.65. The molecule has 3 rings (SSSR count). The molecule has 0 N–H and O–H groups in total. The van der Waals surface area contributed by atoms with Gasteiger partial charge < -0.3 is 4.57 Å². The highest BCUT2D eigenvalue weighted by Crippen LogP contribution is 2.37. The molecule has 1 aromatic carbocycles. The largest absolute Gasteiger partial charge is 0.304 e. The minimum atomic E-state index is -0.160. The molecule has 1 heterocycles. The Kier molecular flexibility index (Phi) is 2.94. The number of rotatable bonds is 2. The lowest BCUT2D eigenvalue weighted by molar-refractivity contribution is 0.713. The average molecular weight is 264 g/mol. The second-order valence-corrected chi connectivity index (χ2v) is 5.47. The summed E-state index contributed by atoms with van der Waals surface area (Å²) in [7, 11) is 0. The summed E-state index contributed by atoms with van der Waals surface area (Å²) < 4.78 is 1.80. The maximum absolute atomic E-state index is 12.4. The second-order valence-electron chi connectivity index (χ2n) is 5.47. The molecule has 0 aliphatic heterocycles. The van der Waals surface area contributed by atoms with Crippen molar-refractivity contribution in [3.63, 3.8) is 0 Å². The quantitative estimate of drug-likeness (QED) is 0.835. The van der Waals surface area contributed by atoms with Gasteiger partial charge in [-0.25, -0.2) is 0 Å². The molecule has 1 aliphatic rings. The van der Waals surface area contributed by atoms with Crippen LogP contribution in [0, 0.1) is 25.2 Å². The minimum Gasteiger partial charge on any atom is -0.304 e. The molecule has 1 fully saturated rings. The fraction of sp³-hybridized carbons (Fsp3) is 0.294. The monoisotopic (exact) mass is 264 g/mol. The third-order valence-electron chi connectivity index (χ3n) is 3.81. The van der Waals surface area contributed by atoms with Crippen molar-refractivity contribution in [1.82, 2.24) is 4.57 Å². The van der Waals surface area contributed by atoms with E-state index < -0.39 is 0 Å². The molecular formula is C17H16N2O. The lowest BCUT2D eigenvalue weighted by Gasteiger charge is -2.15. The van der Waals surface area contributed by atoms with Crippen LogP contribution in [0.15, 0.2) is 35.1 Å². The number of benzene rings is 1. The SMILES string of the molecule is Cc1ccc(-c2ccc(C#N)c(=O)n2C2CC2)c(C)c1. The Morgan fingerprint density at radius 1 is 1.20 bits per heavy atom. The molecule has 1 aliphatic carbocycles. The number of hydrogen-bond donors (Lipinski definition) is 0. The molecule has 0 amide bonds. The van der Waals surface area contributed by atoms with Crippen LogP contribution in [0.3, 0.4) is 0 Å². The van der Waals surface area contributed by atoms with E-state index >= 15 is 0 Å². The zero-order chi connectivity index (χ0) is 14.3. The van der Waals surface area contributed by atoms with Gasteiger partial charge in [-0.3, -0.25) is 4.79 Å². The van der Waals surface area contributed by atoms with Gasteiger partial charge in [0.15, 0.2) is 0 Å². The van der Waals surface area contributed by atoms with Gasteiger partial charge in [-0.2, -0.15) is 5.26 Å². The molecule has 0 saturated heterocycles. The fourth-order valence-corrected chi connectivity index (χ4v) is 2.65. The first-order valence-corrected chi connectivity index (χ1v) is 6.85. The van der Waals surface area contributed by atoms with E-state index in [1.807, 2.05) is 12.1 Å². The van der Waals surface area contributed by atoms with Gasteiger partial charge in [0.05, 0.1) is 5.69 Å². The first-order valence-electron chi connectivity index (χ1n) is 6.85. The lowest BCUT2D eigenvalue weighted by Crippen LogP contribution is -2.23. The Balaban J connectivity index is 2.26. The van der Waals surface area contributed by atoms with Crippen molar-refractivity contribution in [2.45, 2.75) is 32.7 Å². The van der Waals surface area contributed by atoms with Crippen LogP contribution in [-0.2, 0) is 0 Å². The number of hydrogen-bond acceptors (Lipinski definition) is 2. The van der Waals surface area contributed by atoms with Gasteiger partial charge in [-0.1, -0.05) is 23.8 Å². The van der Waals surface area contributed by atoms with Crippen molar-refractivity contribution in [3.8, 4) is 17.3 Å². The first kappa shape index (κ1) is 12.7. The summed E-state index contributed by atoms with van der Waals surface area (Å²) in [6.45, 7) is 4.12. The number of aromatic nitrogens is 1. The average Bonchev–Trinajstić information content (AvgIpc) is 3.23. The molecule has 0 spiro atoms. The summed E-state index contributed by atoms with van der Waals surface area (Å²) in [5.74, 6) is 0. The van der Waals surface area contributed by atoms with Gasteiger partial charge in [0.25, 0.3) is 5.56 Å². The van der Waals surface area contributed by atoms with Crippen LogP contribution in [0.4, 0.5) is 0 Å². The lowest BCUT2D eigenvalue weighted by atomic mass is 10.0. The van der Waals surface area contributed by atoms with E-state index in [0.29, 0.717) is 0 Å². The molecule has 20 heavy (non-hydrogen) atoms. The van der Waals surface area contributed by atoms with Crippen molar-refractivity contribution >= 4 is 0 Å². The third kappa shape index (κ3) is 2.04. The number of nitrogens with zero attached hydrogens (tertiary/aromatic N) is 2. The number of aryl methyl sites for hydroxylation is 2. The van der Waals surface area contributed by atoms with Gasteiger partial charge in [0, 0.05) is 11.6 Å². The van der Waals surface area contributed by atoms with E-state index in [1.165, 1.54) is 5.56 Å². The van der Waals surface area contributed by atoms with Crippen molar-refractivity contribution in [3.05, 3.63) is 57.4 Å². The predicted molar refractivity (Wildman–Crippen MR) is 78.6 cm³/mol. The number of pyridine rings is 1. The summed E-state index contributed by atoms with van der Waals surface area (Å²) in [5.41, 5.74) is 4.43. The van der Waals surface area contributed by atoms with Crippen molar-refractivity contribution in [1.29, 1.82) is 5.26 Å². The summed E-state index contributed by atoms with van der Waals surface area (Å²) >= 11 is 0. The minimum absolute atomic E-state index is 0.160. The van der Waals surface area contributed by atoms with E-state index in [1.54, 1.807) is 10.6 Å². The molecule has 3 heteroatoms. The first-order chi connectivity index (χ1) is 9.61. The highest BCUT2D eigenvalue weighted by atomic mass is 16.1. The molecule has 0 unspecified atom stereocenters. The van der Waals surface area contributed by atoms with Crippen LogP contribution >= 0.6 is 0 Å². The van der Waals surface area contributed by atoms with E-state index in [4.69, 9.17) is 5.26 Å². The van der Waals surface area contributed by atoms with Crippen molar-refractivity contribution in [2.75, 3.05) is 0 Å². The third-order valence-corrected chi connectivity index (χ3v) is 3.81. The smallest absolute Gasteiger partial charge is 0.269 e. The summed E-state index contributed by atoms with van der Waals surface area (Å²) in [4.78, 5) is 12.4. The van der Waals surface area contributed by atoms with E-state index in [0.717, 1.165) is 29.7 Å². The molecule has 1 aromatic heterocycles. The molecule has 0 bridgehead atoms. The Morgan fingerprint density at radius 3 is 2.55 bits per heavy atom. The van der Waals surface area contributed by atoms with Crippen LogP contribution in [0.25, 0.3) is 11.3 Å². The van der Waals surface area contributed by atoms with Gasteiger partial charge in [0.1, 0.15) is 11.6 Å². The Morgan fingerprint density at radius 2 is 1.95 bits per heavy atom. The van der Waals surface area contributed by atoms with Crippen molar-refractivity contribution in [2.24, 2.45) is 0 Å². The summed E-state index contributed by atoms with van der Waals surface area (Å²) in [6.07, 6.45) is 2.04. The summed E-state index contributed by atoms with van der Waals surface area (Å²) in [5, 5.41) is 9.03. The van der Waals surface area contributed by atoms with Gasteiger partial charge >= 0.3 is 0 Å². The van der Waals surface area contributed by atoms with Crippen molar-refractivity contribution < 1.29 is 0 Å². The summed E-state index contributed by atoms with van der Waals surface area (Å²) in [6, 6.07) is 12.0. The molecule has 0 atom stereocenters. The Hall–Kier alpha value is -2.34. The Labute approximate surface area is 118 Å². The molecule has 0 radical (unpaired) electrons. The number of nitriles is 1. The second kappa shape index (κ2) is 4.64. The van der Waals surface area contributed by atoms with E-state index in [-0.39, 0.29) is 17.2 Å². The molecular weight excluding hydrogens is 248 g/mol. The van der Waals surface area contributed by atoms with Crippen LogP contribution in [0.2, 0.25) is 0 Å². The highest BCUT2D eigenvalue weighted by Gasteiger charge is 2.28. The van der Waals surface area contributed by atoms with Gasteiger partial charge in [0.2, 0.25) is 0 Å². The molecule has 2 aromatic rings. The fourth-order valence-electron chi connectivity index (χ4n) is 2.65. The Bertz CT molecular complexity index is 777. The van der Waals surface area contributed by atoms with Gasteiger partial charge in [-0.05, 0) is 44.4 Å². The predicted octanol–water partition coefficient (Wildman–Crippen LogP) is 3.34. The van der Waals surface area contributed by atoms with Crippen LogP contribution in [0.5, 0.6) is 0 Å². The topological polar surface area (TPSA) is 45.8 Å². The van der Waals surface area contributed by atoms with Gasteiger partial charge in [-0.15, -0.1) is 0 Å². The van der Waals surface area contributed by atoms with E-state index in [9.17, 15) is 4.79 Å².